The Labute approximate surface area is 149 Å². The monoisotopic (exact) mass is 353 g/mol. The molecule has 0 atom stereocenters. The molecule has 0 saturated heterocycles. The van der Waals surface area contributed by atoms with Crippen molar-refractivity contribution in [2.45, 2.75) is 0 Å². The molecule has 6 nitrogen and oxygen atoms in total. The second-order valence-corrected chi connectivity index (χ2v) is 5.33. The Morgan fingerprint density at radius 1 is 0.962 bits per heavy atom. The van der Waals surface area contributed by atoms with Gasteiger partial charge in [-0.05, 0) is 36.4 Å². The van der Waals surface area contributed by atoms with Crippen molar-refractivity contribution >= 4 is 11.6 Å². The van der Waals surface area contributed by atoms with Crippen LogP contribution in [0, 0.1) is 5.82 Å². The molecule has 0 fully saturated rings. The molecule has 0 unspecified atom stereocenters. The molecule has 0 aliphatic carbocycles. The van der Waals surface area contributed by atoms with Crippen molar-refractivity contribution in [3.8, 4) is 22.9 Å². The third kappa shape index (κ3) is 3.77. The third-order valence-corrected chi connectivity index (χ3v) is 3.66. The Morgan fingerprint density at radius 2 is 1.62 bits per heavy atom. The van der Waals surface area contributed by atoms with E-state index in [1.54, 1.807) is 30.3 Å². The van der Waals surface area contributed by atoms with Gasteiger partial charge >= 0.3 is 0 Å². The molecule has 1 aromatic heterocycles. The van der Waals surface area contributed by atoms with Gasteiger partial charge in [0.15, 0.2) is 17.3 Å². The maximum Gasteiger partial charge on any atom is 0.258 e. The van der Waals surface area contributed by atoms with Gasteiger partial charge in [-0.15, -0.1) is 0 Å². The van der Waals surface area contributed by atoms with Gasteiger partial charge in [-0.25, -0.2) is 14.4 Å². The van der Waals surface area contributed by atoms with Gasteiger partial charge in [-0.2, -0.15) is 0 Å². The largest absolute Gasteiger partial charge is 0.493 e. The topological polar surface area (TPSA) is 73.3 Å². The molecule has 0 bridgehead atoms. The molecule has 0 saturated carbocycles. The maximum atomic E-state index is 13.0. The minimum Gasteiger partial charge on any atom is -0.493 e. The van der Waals surface area contributed by atoms with E-state index in [1.807, 2.05) is 0 Å². The number of methoxy groups -OCH3 is 2. The number of amides is 1. The molecular formula is C19H16FN3O3. The number of hydrogen-bond acceptors (Lipinski definition) is 5. The fourth-order valence-electron chi connectivity index (χ4n) is 2.31. The van der Waals surface area contributed by atoms with Crippen molar-refractivity contribution in [1.82, 2.24) is 9.97 Å². The minimum atomic E-state index is -0.358. The van der Waals surface area contributed by atoms with Crippen LogP contribution >= 0.6 is 0 Å². The Balaban J connectivity index is 1.75. The fourth-order valence-corrected chi connectivity index (χ4v) is 2.31. The maximum absolute atomic E-state index is 13.0. The summed E-state index contributed by atoms with van der Waals surface area (Å²) in [4.78, 5) is 20.7. The van der Waals surface area contributed by atoms with Crippen molar-refractivity contribution in [3.63, 3.8) is 0 Å². The van der Waals surface area contributed by atoms with Crippen LogP contribution in [0.4, 0.5) is 10.1 Å². The predicted molar refractivity (Wildman–Crippen MR) is 94.9 cm³/mol. The number of hydrogen-bond donors (Lipinski definition) is 1. The van der Waals surface area contributed by atoms with E-state index >= 15 is 0 Å². The highest BCUT2D eigenvalue weighted by Gasteiger charge is 2.11. The average Bonchev–Trinajstić information content (AvgIpc) is 2.68. The van der Waals surface area contributed by atoms with Crippen molar-refractivity contribution in [1.29, 1.82) is 0 Å². The number of nitrogens with zero attached hydrogens (tertiary/aromatic N) is 2. The summed E-state index contributed by atoms with van der Waals surface area (Å²) in [5.41, 5.74) is 1.51. The zero-order valence-electron chi connectivity index (χ0n) is 14.2. The van der Waals surface area contributed by atoms with Gasteiger partial charge < -0.3 is 14.8 Å². The normalized spacial score (nSPS) is 10.3. The van der Waals surface area contributed by atoms with E-state index in [4.69, 9.17) is 9.47 Å². The van der Waals surface area contributed by atoms with Crippen LogP contribution in [0.3, 0.4) is 0 Å². The minimum absolute atomic E-state index is 0.297. The molecule has 3 aromatic rings. The lowest BCUT2D eigenvalue weighted by Crippen LogP contribution is -2.13. The van der Waals surface area contributed by atoms with E-state index in [2.05, 4.69) is 15.3 Å². The van der Waals surface area contributed by atoms with E-state index < -0.39 is 0 Å². The Bertz CT molecular complexity index is 912. The smallest absolute Gasteiger partial charge is 0.258 e. The summed E-state index contributed by atoms with van der Waals surface area (Å²) in [6.07, 6.45) is 2.84. The highest BCUT2D eigenvalue weighted by molar-refractivity contribution is 6.04. The molecule has 0 radical (unpaired) electrons. The van der Waals surface area contributed by atoms with Gasteiger partial charge in [-0.3, -0.25) is 4.79 Å². The second-order valence-electron chi connectivity index (χ2n) is 5.33. The molecule has 3 rings (SSSR count). The van der Waals surface area contributed by atoms with E-state index in [0.29, 0.717) is 34.1 Å². The molecule has 0 aliphatic heterocycles. The average molecular weight is 353 g/mol. The van der Waals surface area contributed by atoms with E-state index in [9.17, 15) is 9.18 Å². The standard InChI is InChI=1S/C19H16FN3O3/c1-25-16-8-7-15(9-17(16)26-2)23-19(24)13-10-21-18(22-11-13)12-3-5-14(20)6-4-12/h3-11H,1-2H3,(H,23,24). The van der Waals surface area contributed by atoms with Crippen molar-refractivity contribution in [3.05, 3.63) is 66.2 Å². The Hall–Kier alpha value is -3.48. The molecule has 2 aromatic carbocycles. The van der Waals surface area contributed by atoms with Gasteiger partial charge in [0.2, 0.25) is 0 Å². The number of anilines is 1. The van der Waals surface area contributed by atoms with Crippen LogP contribution in [0.15, 0.2) is 54.9 Å². The number of nitrogens with one attached hydrogen (secondary N) is 1. The van der Waals surface area contributed by atoms with E-state index in [1.165, 1.54) is 38.7 Å². The van der Waals surface area contributed by atoms with Gasteiger partial charge in [0.05, 0.1) is 19.8 Å². The van der Waals surface area contributed by atoms with Gasteiger partial charge in [0.1, 0.15) is 5.82 Å². The van der Waals surface area contributed by atoms with Crippen LogP contribution in [-0.2, 0) is 0 Å². The Kier molecular flexibility index (Phi) is 5.07. The van der Waals surface area contributed by atoms with E-state index in [0.717, 1.165) is 0 Å². The molecule has 132 valence electrons. The SMILES string of the molecule is COc1ccc(NC(=O)c2cnc(-c3ccc(F)cc3)nc2)cc1OC. The van der Waals surface area contributed by atoms with Crippen molar-refractivity contribution in [2.24, 2.45) is 0 Å². The first-order valence-corrected chi connectivity index (χ1v) is 7.72. The zero-order chi connectivity index (χ0) is 18.5. The summed E-state index contributed by atoms with van der Waals surface area (Å²) in [7, 11) is 3.06. The number of ether oxygens (including phenoxy) is 2. The quantitative estimate of drug-likeness (QED) is 0.759. The fraction of sp³-hybridized carbons (Fsp3) is 0.105. The first kappa shape index (κ1) is 17.3. The number of rotatable bonds is 5. The first-order valence-electron chi connectivity index (χ1n) is 7.72. The summed E-state index contributed by atoms with van der Waals surface area (Å²) in [6.45, 7) is 0. The molecule has 26 heavy (non-hydrogen) atoms. The first-order chi connectivity index (χ1) is 12.6. The number of halogens is 1. The van der Waals surface area contributed by atoms with Crippen LogP contribution in [-0.4, -0.2) is 30.1 Å². The summed E-state index contributed by atoms with van der Waals surface area (Å²) >= 11 is 0. The second kappa shape index (κ2) is 7.60. The van der Waals surface area contributed by atoms with Gasteiger partial charge in [-0.1, -0.05) is 0 Å². The number of carbonyl (C=O) groups is 1. The number of benzene rings is 2. The summed E-state index contributed by atoms with van der Waals surface area (Å²) in [6, 6.07) is 10.9. The lowest BCUT2D eigenvalue weighted by molar-refractivity contribution is 0.102. The van der Waals surface area contributed by atoms with Crippen LogP contribution in [0.1, 0.15) is 10.4 Å². The van der Waals surface area contributed by atoms with Crippen LogP contribution in [0.25, 0.3) is 11.4 Å². The summed E-state index contributed by atoms with van der Waals surface area (Å²) in [5, 5.41) is 2.75. The van der Waals surface area contributed by atoms with Gasteiger partial charge in [0, 0.05) is 29.7 Å². The highest BCUT2D eigenvalue weighted by Crippen LogP contribution is 2.29. The molecule has 1 N–H and O–H groups in total. The van der Waals surface area contributed by atoms with Gasteiger partial charge in [0.25, 0.3) is 5.91 Å². The highest BCUT2D eigenvalue weighted by atomic mass is 19.1. The predicted octanol–water partition coefficient (Wildman–Crippen LogP) is 3.55. The summed E-state index contributed by atoms with van der Waals surface area (Å²) in [5.74, 6) is 0.793. The molecule has 1 heterocycles. The van der Waals surface area contributed by atoms with E-state index in [-0.39, 0.29) is 11.7 Å². The third-order valence-electron chi connectivity index (χ3n) is 3.66. The Morgan fingerprint density at radius 3 is 2.23 bits per heavy atom. The van der Waals surface area contributed by atoms with Crippen LogP contribution in [0.2, 0.25) is 0 Å². The molecule has 0 spiro atoms. The lowest BCUT2D eigenvalue weighted by atomic mass is 10.2. The van der Waals surface area contributed by atoms with Crippen molar-refractivity contribution in [2.75, 3.05) is 19.5 Å². The lowest BCUT2D eigenvalue weighted by Gasteiger charge is -2.10. The van der Waals surface area contributed by atoms with Crippen LogP contribution < -0.4 is 14.8 Å². The number of carbonyl (C=O) groups excluding carboxylic acids is 1. The molecular weight excluding hydrogens is 337 g/mol. The van der Waals surface area contributed by atoms with Crippen LogP contribution in [0.5, 0.6) is 11.5 Å². The number of aromatic nitrogens is 2. The van der Waals surface area contributed by atoms with Crippen molar-refractivity contribution < 1.29 is 18.7 Å². The molecule has 7 heteroatoms. The zero-order valence-corrected chi connectivity index (χ0v) is 14.2. The molecule has 1 amide bonds. The molecule has 0 aliphatic rings. The summed E-state index contributed by atoms with van der Waals surface area (Å²) < 4.78 is 23.3.